The van der Waals surface area contributed by atoms with Crippen LogP contribution < -0.4 is 9.64 Å². The molecule has 2 aromatic carbocycles. The van der Waals surface area contributed by atoms with Crippen molar-refractivity contribution in [2.45, 2.75) is 25.9 Å². The van der Waals surface area contributed by atoms with Crippen LogP contribution in [0.2, 0.25) is 0 Å². The maximum absolute atomic E-state index is 13.6. The van der Waals surface area contributed by atoms with Gasteiger partial charge in [-0.15, -0.1) is 0 Å². The van der Waals surface area contributed by atoms with E-state index in [1.54, 1.807) is 53.4 Å². The fourth-order valence-corrected chi connectivity index (χ4v) is 3.62. The standard InChI is InChI=1S/C22H22F2N4O3/c1-26(13-19-25-17-5-2-3-6-18(17)28(19)22(23)24)21(30)14-31-16-10-8-15(9-11-16)27-12-4-7-20(27)29/h2-3,5-6,8-11,22H,4,7,12-14H2,1H3. The van der Waals surface area contributed by atoms with Gasteiger partial charge < -0.3 is 14.5 Å². The lowest BCUT2D eigenvalue weighted by atomic mass is 10.3. The predicted molar refractivity (Wildman–Crippen MR) is 111 cm³/mol. The Balaban J connectivity index is 1.38. The highest BCUT2D eigenvalue weighted by atomic mass is 19.3. The van der Waals surface area contributed by atoms with Crippen LogP contribution in [0.1, 0.15) is 25.2 Å². The normalized spacial score (nSPS) is 13.9. The van der Waals surface area contributed by atoms with Gasteiger partial charge in [0.1, 0.15) is 11.6 Å². The van der Waals surface area contributed by atoms with Crippen LogP contribution in [-0.2, 0) is 16.1 Å². The van der Waals surface area contributed by atoms with Crippen molar-refractivity contribution in [2.75, 3.05) is 25.1 Å². The molecule has 1 saturated heterocycles. The van der Waals surface area contributed by atoms with E-state index in [-0.39, 0.29) is 30.8 Å². The number of para-hydroxylation sites is 2. The molecule has 0 spiro atoms. The van der Waals surface area contributed by atoms with E-state index in [9.17, 15) is 18.4 Å². The van der Waals surface area contributed by atoms with E-state index in [0.29, 0.717) is 29.7 Å². The Bertz CT molecular complexity index is 1100. The molecule has 1 aliphatic heterocycles. The summed E-state index contributed by atoms with van der Waals surface area (Å²) in [6.07, 6.45) is 1.40. The number of nitrogens with zero attached hydrogens (tertiary/aromatic N) is 4. The van der Waals surface area contributed by atoms with Crippen molar-refractivity contribution in [2.24, 2.45) is 0 Å². The highest BCUT2D eigenvalue weighted by Gasteiger charge is 2.22. The van der Waals surface area contributed by atoms with Crippen LogP contribution in [0.3, 0.4) is 0 Å². The van der Waals surface area contributed by atoms with Crippen molar-refractivity contribution in [3.05, 3.63) is 54.4 Å². The molecule has 0 bridgehead atoms. The lowest BCUT2D eigenvalue weighted by Crippen LogP contribution is -2.32. The monoisotopic (exact) mass is 428 g/mol. The Kier molecular flexibility index (Phi) is 5.83. The van der Waals surface area contributed by atoms with E-state index in [1.165, 1.54) is 11.9 Å². The molecule has 9 heteroatoms. The van der Waals surface area contributed by atoms with E-state index < -0.39 is 6.55 Å². The van der Waals surface area contributed by atoms with Crippen molar-refractivity contribution >= 4 is 28.5 Å². The number of amides is 2. The van der Waals surface area contributed by atoms with E-state index in [0.717, 1.165) is 16.7 Å². The number of benzene rings is 2. The lowest BCUT2D eigenvalue weighted by molar-refractivity contribution is -0.132. The minimum Gasteiger partial charge on any atom is -0.484 e. The first-order valence-electron chi connectivity index (χ1n) is 9.95. The zero-order valence-electron chi connectivity index (χ0n) is 17.0. The molecule has 2 amide bonds. The molecule has 0 radical (unpaired) electrons. The first-order chi connectivity index (χ1) is 14.9. The van der Waals surface area contributed by atoms with E-state index in [4.69, 9.17) is 4.74 Å². The van der Waals surface area contributed by atoms with Gasteiger partial charge in [0.2, 0.25) is 5.91 Å². The summed E-state index contributed by atoms with van der Waals surface area (Å²) >= 11 is 0. The molecule has 1 aromatic heterocycles. The smallest absolute Gasteiger partial charge is 0.320 e. The number of likely N-dealkylation sites (N-methyl/N-ethyl adjacent to an activating group) is 1. The number of imidazole rings is 1. The van der Waals surface area contributed by atoms with Crippen molar-refractivity contribution in [1.82, 2.24) is 14.5 Å². The third-order valence-electron chi connectivity index (χ3n) is 5.25. The highest BCUT2D eigenvalue weighted by molar-refractivity contribution is 5.95. The van der Waals surface area contributed by atoms with Crippen molar-refractivity contribution in [3.63, 3.8) is 0 Å². The number of anilines is 1. The molecule has 7 nitrogen and oxygen atoms in total. The molecule has 162 valence electrons. The zero-order chi connectivity index (χ0) is 22.0. The number of hydrogen-bond acceptors (Lipinski definition) is 4. The van der Waals surface area contributed by atoms with Crippen LogP contribution >= 0.6 is 0 Å². The number of rotatable bonds is 7. The molecule has 31 heavy (non-hydrogen) atoms. The first kappa shape index (κ1) is 20.8. The molecule has 1 aliphatic rings. The SMILES string of the molecule is CN(Cc1nc2ccccc2n1C(F)F)C(=O)COc1ccc(N2CCCC2=O)cc1. The summed E-state index contributed by atoms with van der Waals surface area (Å²) in [4.78, 5) is 31.5. The minimum absolute atomic E-state index is 0.0722. The fourth-order valence-electron chi connectivity index (χ4n) is 3.62. The maximum atomic E-state index is 13.6. The topological polar surface area (TPSA) is 67.7 Å². The van der Waals surface area contributed by atoms with Crippen LogP contribution in [0.4, 0.5) is 14.5 Å². The quantitative estimate of drug-likeness (QED) is 0.577. The third kappa shape index (κ3) is 4.35. The van der Waals surface area contributed by atoms with E-state index >= 15 is 0 Å². The number of aromatic nitrogens is 2. The van der Waals surface area contributed by atoms with Crippen LogP contribution in [0.5, 0.6) is 5.75 Å². The van der Waals surface area contributed by atoms with Gasteiger partial charge in [0.25, 0.3) is 5.91 Å². The summed E-state index contributed by atoms with van der Waals surface area (Å²) in [5, 5.41) is 0. The second-order valence-corrected chi connectivity index (χ2v) is 7.35. The van der Waals surface area contributed by atoms with Gasteiger partial charge in [-0.05, 0) is 42.8 Å². The van der Waals surface area contributed by atoms with Gasteiger partial charge in [-0.25, -0.2) is 4.98 Å². The number of fused-ring (bicyclic) bond motifs is 1. The minimum atomic E-state index is -2.76. The number of hydrogen-bond donors (Lipinski definition) is 0. The van der Waals surface area contributed by atoms with Gasteiger partial charge in [-0.1, -0.05) is 12.1 Å². The third-order valence-corrected chi connectivity index (χ3v) is 5.25. The predicted octanol–water partition coefficient (Wildman–Crippen LogP) is 3.60. The largest absolute Gasteiger partial charge is 0.484 e. The molecule has 0 atom stereocenters. The Morgan fingerprint density at radius 3 is 2.61 bits per heavy atom. The fraction of sp³-hybridized carbons (Fsp3) is 0.318. The average molecular weight is 428 g/mol. The zero-order valence-corrected chi connectivity index (χ0v) is 17.0. The van der Waals surface area contributed by atoms with E-state index in [2.05, 4.69) is 4.98 Å². The molecule has 3 aromatic rings. The van der Waals surface area contributed by atoms with Gasteiger partial charge in [0.05, 0.1) is 17.6 Å². The molecular formula is C22H22F2N4O3. The van der Waals surface area contributed by atoms with Gasteiger partial charge >= 0.3 is 6.55 Å². The first-order valence-corrected chi connectivity index (χ1v) is 9.95. The summed E-state index contributed by atoms with van der Waals surface area (Å²) in [7, 11) is 1.52. The second-order valence-electron chi connectivity index (χ2n) is 7.35. The summed E-state index contributed by atoms with van der Waals surface area (Å²) in [6, 6.07) is 13.6. The Hall–Kier alpha value is -3.49. The van der Waals surface area contributed by atoms with E-state index in [1.807, 2.05) is 0 Å². The van der Waals surface area contributed by atoms with Crippen molar-refractivity contribution in [1.29, 1.82) is 0 Å². The molecule has 4 rings (SSSR count). The van der Waals surface area contributed by atoms with Gasteiger partial charge in [0.15, 0.2) is 6.61 Å². The molecule has 0 unspecified atom stereocenters. The summed E-state index contributed by atoms with van der Waals surface area (Å²) in [5.74, 6) is 0.315. The van der Waals surface area contributed by atoms with Gasteiger partial charge in [0, 0.05) is 25.7 Å². The van der Waals surface area contributed by atoms with Crippen LogP contribution in [-0.4, -0.2) is 46.5 Å². The van der Waals surface area contributed by atoms with Crippen LogP contribution in [0, 0.1) is 0 Å². The number of alkyl halides is 2. The number of carbonyl (C=O) groups excluding carboxylic acids is 2. The van der Waals surface area contributed by atoms with Gasteiger partial charge in [-0.3, -0.25) is 14.2 Å². The Morgan fingerprint density at radius 1 is 1.19 bits per heavy atom. The summed E-state index contributed by atoms with van der Waals surface area (Å²) in [6.45, 7) is -2.38. The number of ether oxygens (including phenoxy) is 1. The Labute approximate surface area is 177 Å². The Morgan fingerprint density at radius 2 is 1.94 bits per heavy atom. The molecule has 0 saturated carbocycles. The molecule has 1 fully saturated rings. The van der Waals surface area contributed by atoms with Crippen LogP contribution in [0.25, 0.3) is 11.0 Å². The molecular weight excluding hydrogens is 406 g/mol. The lowest BCUT2D eigenvalue weighted by Gasteiger charge is -2.19. The summed E-state index contributed by atoms with van der Waals surface area (Å²) in [5.41, 5.74) is 1.57. The average Bonchev–Trinajstić information content (AvgIpc) is 3.35. The maximum Gasteiger partial charge on any atom is 0.320 e. The van der Waals surface area contributed by atoms with Crippen LogP contribution in [0.15, 0.2) is 48.5 Å². The van der Waals surface area contributed by atoms with Crippen molar-refractivity contribution < 1.29 is 23.1 Å². The summed E-state index contributed by atoms with van der Waals surface area (Å²) < 4.78 is 33.5. The van der Waals surface area contributed by atoms with Gasteiger partial charge in [-0.2, -0.15) is 8.78 Å². The molecule has 2 heterocycles. The molecule has 0 N–H and O–H groups in total. The number of halogens is 2. The highest BCUT2D eigenvalue weighted by Crippen LogP contribution is 2.25. The molecule has 0 aliphatic carbocycles. The number of carbonyl (C=O) groups is 2. The van der Waals surface area contributed by atoms with Crippen molar-refractivity contribution in [3.8, 4) is 5.75 Å². The second kappa shape index (κ2) is 8.71.